The van der Waals surface area contributed by atoms with E-state index in [1.54, 1.807) is 6.92 Å². The third-order valence-electron chi connectivity index (χ3n) is 2.33. The Bertz CT molecular complexity index is 192. The van der Waals surface area contributed by atoms with Crippen LogP contribution < -0.4 is 16.8 Å². The first-order valence-electron chi connectivity index (χ1n) is 5.77. The molecule has 0 aliphatic heterocycles. The van der Waals surface area contributed by atoms with Crippen molar-refractivity contribution in [3.8, 4) is 0 Å². The summed E-state index contributed by atoms with van der Waals surface area (Å²) >= 11 is 0. The van der Waals surface area contributed by atoms with E-state index in [2.05, 4.69) is 5.32 Å². The molecule has 4 unspecified atom stereocenters. The summed E-state index contributed by atoms with van der Waals surface area (Å²) in [6.07, 6.45) is -3.47. The lowest BCUT2D eigenvalue weighted by Crippen LogP contribution is -2.45. The molecule has 0 aliphatic carbocycles. The van der Waals surface area contributed by atoms with Crippen LogP contribution in [0.1, 0.15) is 19.8 Å². The predicted octanol–water partition coefficient (Wildman–Crippen LogP) is -2.94. The molecule has 17 heavy (non-hydrogen) atoms. The lowest BCUT2D eigenvalue weighted by atomic mass is 10.1. The fourth-order valence-corrected chi connectivity index (χ4v) is 1.41. The molecule has 0 rings (SSSR count). The average molecular weight is 251 g/mol. The van der Waals surface area contributed by atoms with Crippen molar-refractivity contribution in [3.05, 3.63) is 0 Å². The molecule has 0 radical (unpaired) electrons. The summed E-state index contributed by atoms with van der Waals surface area (Å²) in [4.78, 5) is 0. The monoisotopic (exact) mass is 251 g/mol. The molecular formula is C10H25N3O4. The summed E-state index contributed by atoms with van der Waals surface area (Å²) < 4.78 is 0. The molecule has 0 aromatic heterocycles. The number of aliphatic hydroxyl groups excluding tert-OH is 4. The van der Waals surface area contributed by atoms with Gasteiger partial charge in [-0.1, -0.05) is 0 Å². The normalized spacial score (nSPS) is 19.1. The fourth-order valence-electron chi connectivity index (χ4n) is 1.41. The zero-order valence-electron chi connectivity index (χ0n) is 10.2. The van der Waals surface area contributed by atoms with Gasteiger partial charge in [0.15, 0.2) is 0 Å². The van der Waals surface area contributed by atoms with Gasteiger partial charge in [-0.3, -0.25) is 0 Å². The van der Waals surface area contributed by atoms with Crippen LogP contribution in [0, 0.1) is 0 Å². The van der Waals surface area contributed by atoms with E-state index in [-0.39, 0.29) is 25.9 Å². The Morgan fingerprint density at radius 3 is 1.82 bits per heavy atom. The van der Waals surface area contributed by atoms with E-state index in [9.17, 15) is 15.3 Å². The predicted molar refractivity (Wildman–Crippen MR) is 64.0 cm³/mol. The second-order valence-electron chi connectivity index (χ2n) is 4.43. The van der Waals surface area contributed by atoms with Gasteiger partial charge >= 0.3 is 0 Å². The highest BCUT2D eigenvalue weighted by Gasteiger charge is 2.16. The average Bonchev–Trinajstić information content (AvgIpc) is 2.15. The van der Waals surface area contributed by atoms with Crippen molar-refractivity contribution >= 4 is 0 Å². The van der Waals surface area contributed by atoms with Crippen molar-refractivity contribution in [2.24, 2.45) is 11.5 Å². The Morgan fingerprint density at radius 1 is 0.941 bits per heavy atom. The first-order chi connectivity index (χ1) is 7.82. The largest absolute Gasteiger partial charge is 0.393 e. The maximum absolute atomic E-state index is 9.50. The maximum atomic E-state index is 9.50. The van der Waals surface area contributed by atoms with Crippen LogP contribution in [-0.2, 0) is 0 Å². The van der Waals surface area contributed by atoms with Gasteiger partial charge in [-0.05, 0) is 6.92 Å². The smallest absolute Gasteiger partial charge is 0.0845 e. The van der Waals surface area contributed by atoms with E-state index in [0.29, 0.717) is 0 Å². The summed E-state index contributed by atoms with van der Waals surface area (Å²) in [6.45, 7) is 2.09. The topological polar surface area (TPSA) is 145 Å². The highest BCUT2D eigenvalue weighted by atomic mass is 16.3. The molecule has 0 aromatic rings. The lowest BCUT2D eigenvalue weighted by Gasteiger charge is -2.19. The summed E-state index contributed by atoms with van der Waals surface area (Å²) in [5.41, 5.74) is 10.5. The van der Waals surface area contributed by atoms with E-state index >= 15 is 0 Å². The van der Waals surface area contributed by atoms with Gasteiger partial charge < -0.3 is 37.2 Å². The Kier molecular flexibility index (Phi) is 8.61. The Hall–Kier alpha value is -0.280. The molecule has 7 nitrogen and oxygen atoms in total. The molecule has 0 spiro atoms. The van der Waals surface area contributed by atoms with E-state index in [4.69, 9.17) is 16.6 Å². The molecule has 0 amide bonds. The van der Waals surface area contributed by atoms with Crippen LogP contribution in [0.3, 0.4) is 0 Å². The first-order valence-corrected chi connectivity index (χ1v) is 5.77. The van der Waals surface area contributed by atoms with E-state index < -0.39 is 30.6 Å². The zero-order chi connectivity index (χ0) is 13.4. The van der Waals surface area contributed by atoms with Gasteiger partial charge in [0.1, 0.15) is 0 Å². The van der Waals surface area contributed by atoms with Crippen molar-refractivity contribution in [2.45, 2.75) is 50.3 Å². The van der Waals surface area contributed by atoms with Crippen LogP contribution in [-0.4, -0.2) is 64.1 Å². The molecule has 9 N–H and O–H groups in total. The molecule has 0 aliphatic rings. The summed E-state index contributed by atoms with van der Waals surface area (Å²) in [7, 11) is 0. The Morgan fingerprint density at radius 2 is 1.41 bits per heavy atom. The number of nitrogens with two attached hydrogens (primary N) is 2. The van der Waals surface area contributed by atoms with E-state index in [1.807, 2.05) is 0 Å². The molecule has 0 saturated carbocycles. The standard InChI is InChI=1S/C10H25N3O4/c1-6(14)2-7(15)4-13-5-8(16)3-9(17)10(11)12/h6-10,13-17H,2-5,11-12H2,1H3. The Balaban J connectivity index is 3.60. The second kappa shape index (κ2) is 8.76. The fraction of sp³-hybridized carbons (Fsp3) is 1.00. The molecule has 4 atom stereocenters. The molecule has 0 saturated heterocycles. The minimum atomic E-state index is -0.950. The number of aliphatic hydroxyl groups is 4. The van der Waals surface area contributed by atoms with Crippen molar-refractivity contribution in [3.63, 3.8) is 0 Å². The van der Waals surface area contributed by atoms with Gasteiger partial charge in [-0.15, -0.1) is 0 Å². The van der Waals surface area contributed by atoms with Crippen molar-refractivity contribution < 1.29 is 20.4 Å². The molecule has 0 fully saturated rings. The van der Waals surface area contributed by atoms with Crippen molar-refractivity contribution in [2.75, 3.05) is 13.1 Å². The van der Waals surface area contributed by atoms with Crippen molar-refractivity contribution in [1.29, 1.82) is 0 Å². The highest BCUT2D eigenvalue weighted by molar-refractivity contribution is 4.72. The van der Waals surface area contributed by atoms with Crippen LogP contribution in [0.2, 0.25) is 0 Å². The van der Waals surface area contributed by atoms with Crippen LogP contribution in [0.4, 0.5) is 0 Å². The highest BCUT2D eigenvalue weighted by Crippen LogP contribution is 1.99. The molecule has 0 bridgehead atoms. The number of hydrogen-bond acceptors (Lipinski definition) is 7. The zero-order valence-corrected chi connectivity index (χ0v) is 10.2. The van der Waals surface area contributed by atoms with Gasteiger partial charge in [-0.25, -0.2) is 0 Å². The van der Waals surface area contributed by atoms with Gasteiger partial charge in [0.25, 0.3) is 0 Å². The van der Waals surface area contributed by atoms with Gasteiger partial charge in [0.2, 0.25) is 0 Å². The third kappa shape index (κ3) is 9.42. The van der Waals surface area contributed by atoms with Crippen molar-refractivity contribution in [1.82, 2.24) is 5.32 Å². The number of nitrogens with one attached hydrogen (secondary N) is 1. The maximum Gasteiger partial charge on any atom is 0.0845 e. The molecular weight excluding hydrogens is 226 g/mol. The number of hydrogen-bond donors (Lipinski definition) is 7. The molecule has 7 heteroatoms. The van der Waals surface area contributed by atoms with Crippen LogP contribution in [0.15, 0.2) is 0 Å². The van der Waals surface area contributed by atoms with Gasteiger partial charge in [0.05, 0.1) is 30.6 Å². The number of rotatable bonds is 9. The molecule has 0 aromatic carbocycles. The minimum Gasteiger partial charge on any atom is -0.393 e. The molecule has 0 heterocycles. The van der Waals surface area contributed by atoms with Crippen LogP contribution >= 0.6 is 0 Å². The summed E-state index contributed by atoms with van der Waals surface area (Å²) in [5, 5.41) is 40.1. The lowest BCUT2D eigenvalue weighted by molar-refractivity contribution is 0.0601. The van der Waals surface area contributed by atoms with Crippen LogP contribution in [0.25, 0.3) is 0 Å². The summed E-state index contributed by atoms with van der Waals surface area (Å²) in [5.74, 6) is 0. The van der Waals surface area contributed by atoms with Gasteiger partial charge in [-0.2, -0.15) is 0 Å². The van der Waals surface area contributed by atoms with E-state index in [0.717, 1.165) is 0 Å². The van der Waals surface area contributed by atoms with E-state index in [1.165, 1.54) is 0 Å². The van der Waals surface area contributed by atoms with Gasteiger partial charge in [0, 0.05) is 25.9 Å². The minimum absolute atomic E-state index is 0.0805. The third-order valence-corrected chi connectivity index (χ3v) is 2.33. The first kappa shape index (κ1) is 16.7. The SMILES string of the molecule is CC(O)CC(O)CNCC(O)CC(O)C(N)N. The second-order valence-corrected chi connectivity index (χ2v) is 4.43. The summed E-state index contributed by atoms with van der Waals surface area (Å²) in [6, 6.07) is 0. The molecule has 104 valence electrons. The Labute approximate surface area is 101 Å². The quantitative estimate of drug-likeness (QED) is 0.217. The van der Waals surface area contributed by atoms with Crippen LogP contribution in [0.5, 0.6) is 0 Å².